The maximum atomic E-state index is 11.5. The van der Waals surface area contributed by atoms with Crippen LogP contribution < -0.4 is 5.32 Å². The summed E-state index contributed by atoms with van der Waals surface area (Å²) in [6.45, 7) is 4.22. The van der Waals surface area contributed by atoms with Gasteiger partial charge in [-0.2, -0.15) is 0 Å². The van der Waals surface area contributed by atoms with Gasteiger partial charge in [-0.25, -0.2) is 0 Å². The van der Waals surface area contributed by atoms with Gasteiger partial charge in [0.25, 0.3) is 0 Å². The Labute approximate surface area is 95.8 Å². The summed E-state index contributed by atoms with van der Waals surface area (Å²) in [5.74, 6) is 0.151. The summed E-state index contributed by atoms with van der Waals surface area (Å²) in [5.41, 5.74) is 1.61. The fourth-order valence-electron chi connectivity index (χ4n) is 1.39. The summed E-state index contributed by atoms with van der Waals surface area (Å²) < 4.78 is 0. The number of aromatic hydroxyl groups is 1. The molecule has 0 bridgehead atoms. The molecule has 0 aliphatic carbocycles. The number of carbonyl (C=O) groups excluding carboxylic acids is 1. The highest BCUT2D eigenvalue weighted by Gasteiger charge is 2.02. The number of phenolic OH excluding ortho intramolecular Hbond substituents is 1. The fourth-order valence-corrected chi connectivity index (χ4v) is 1.39. The smallest absolute Gasteiger partial charge is 0.246 e. The van der Waals surface area contributed by atoms with Crippen LogP contribution in [0.25, 0.3) is 0 Å². The normalized spacial score (nSPS) is 11.2. The first-order valence-electron chi connectivity index (χ1n) is 5.36. The molecule has 0 aliphatic heterocycles. The third kappa shape index (κ3) is 3.77. The lowest BCUT2D eigenvalue weighted by Gasteiger charge is -2.05. The van der Waals surface area contributed by atoms with Crippen LogP contribution in [0.3, 0.4) is 0 Å². The Morgan fingerprint density at radius 1 is 1.50 bits per heavy atom. The third-order valence-electron chi connectivity index (χ3n) is 2.23. The molecule has 0 aromatic heterocycles. The van der Waals surface area contributed by atoms with Crippen LogP contribution in [0.2, 0.25) is 0 Å². The van der Waals surface area contributed by atoms with Gasteiger partial charge in [-0.1, -0.05) is 25.1 Å². The minimum Gasteiger partial charge on any atom is -0.508 e. The van der Waals surface area contributed by atoms with E-state index in [1.165, 1.54) is 0 Å². The van der Waals surface area contributed by atoms with Crippen LogP contribution in [0, 0.1) is 0 Å². The Hall–Kier alpha value is -1.77. The molecule has 0 saturated carbocycles. The average Bonchev–Trinajstić information content (AvgIpc) is 2.26. The number of hydrogen-bond acceptors (Lipinski definition) is 2. The number of rotatable bonds is 4. The molecule has 3 heteroatoms. The molecule has 0 aliphatic rings. The van der Waals surface area contributed by atoms with Gasteiger partial charge in [-0.05, 0) is 31.0 Å². The van der Waals surface area contributed by atoms with Crippen LogP contribution in [0.1, 0.15) is 25.8 Å². The molecule has 0 saturated heterocycles. The van der Waals surface area contributed by atoms with E-state index in [2.05, 4.69) is 5.32 Å². The maximum Gasteiger partial charge on any atom is 0.246 e. The minimum absolute atomic E-state index is 0.0646. The van der Waals surface area contributed by atoms with Gasteiger partial charge in [-0.15, -0.1) is 0 Å². The van der Waals surface area contributed by atoms with E-state index < -0.39 is 0 Å². The largest absolute Gasteiger partial charge is 0.508 e. The first-order valence-corrected chi connectivity index (χ1v) is 5.36. The summed E-state index contributed by atoms with van der Waals surface area (Å²) in [5, 5.41) is 12.0. The number of hydrogen-bond donors (Lipinski definition) is 2. The summed E-state index contributed by atoms with van der Waals surface area (Å²) in [6, 6.07) is 6.86. The number of nitrogens with one attached hydrogen (secondary N) is 1. The van der Waals surface area contributed by atoms with Gasteiger partial charge in [0, 0.05) is 12.1 Å². The predicted molar refractivity (Wildman–Crippen MR) is 64.0 cm³/mol. The van der Waals surface area contributed by atoms with Crippen molar-refractivity contribution in [3.05, 3.63) is 41.5 Å². The highest BCUT2D eigenvalue weighted by molar-refractivity contribution is 5.92. The molecule has 0 radical (unpaired) electrons. The monoisotopic (exact) mass is 219 g/mol. The average molecular weight is 219 g/mol. The van der Waals surface area contributed by atoms with Crippen molar-refractivity contribution in [1.82, 2.24) is 5.32 Å². The number of allylic oxidation sites excluding steroid dienone is 1. The van der Waals surface area contributed by atoms with Gasteiger partial charge in [0.1, 0.15) is 5.75 Å². The molecule has 0 heterocycles. The van der Waals surface area contributed by atoms with E-state index in [1.54, 1.807) is 25.1 Å². The van der Waals surface area contributed by atoms with Gasteiger partial charge in [0.05, 0.1) is 0 Å². The number of phenols is 1. The lowest BCUT2D eigenvalue weighted by molar-refractivity contribution is -0.117. The van der Waals surface area contributed by atoms with Crippen molar-refractivity contribution in [2.75, 3.05) is 0 Å². The van der Waals surface area contributed by atoms with Crippen molar-refractivity contribution < 1.29 is 9.90 Å². The van der Waals surface area contributed by atoms with Crippen LogP contribution in [-0.4, -0.2) is 11.0 Å². The Morgan fingerprint density at radius 2 is 2.25 bits per heavy atom. The SMILES string of the molecule is CC/C=C(\C)C(=O)NCc1cccc(O)c1. The zero-order chi connectivity index (χ0) is 12.0. The second-order valence-electron chi connectivity index (χ2n) is 3.65. The van der Waals surface area contributed by atoms with Crippen LogP contribution in [-0.2, 0) is 11.3 Å². The minimum atomic E-state index is -0.0646. The summed E-state index contributed by atoms with van der Waals surface area (Å²) in [7, 11) is 0. The lowest BCUT2D eigenvalue weighted by Crippen LogP contribution is -2.23. The molecule has 2 N–H and O–H groups in total. The molecule has 86 valence electrons. The molecular formula is C13H17NO2. The van der Waals surface area contributed by atoms with Gasteiger partial charge in [-0.3, -0.25) is 4.79 Å². The van der Waals surface area contributed by atoms with Crippen molar-refractivity contribution in [3.8, 4) is 5.75 Å². The molecule has 16 heavy (non-hydrogen) atoms. The number of amides is 1. The highest BCUT2D eigenvalue weighted by atomic mass is 16.3. The molecule has 1 aromatic carbocycles. The van der Waals surface area contributed by atoms with E-state index in [4.69, 9.17) is 0 Å². The second-order valence-corrected chi connectivity index (χ2v) is 3.65. The summed E-state index contributed by atoms with van der Waals surface area (Å²) in [4.78, 5) is 11.5. The van der Waals surface area contributed by atoms with Gasteiger partial charge >= 0.3 is 0 Å². The molecule has 0 atom stereocenters. The third-order valence-corrected chi connectivity index (χ3v) is 2.23. The van der Waals surface area contributed by atoms with E-state index in [-0.39, 0.29) is 11.7 Å². The van der Waals surface area contributed by atoms with E-state index in [0.29, 0.717) is 6.54 Å². The van der Waals surface area contributed by atoms with Crippen LogP contribution in [0.15, 0.2) is 35.9 Å². The van der Waals surface area contributed by atoms with Crippen LogP contribution in [0.5, 0.6) is 5.75 Å². The maximum absolute atomic E-state index is 11.5. The molecule has 0 unspecified atom stereocenters. The summed E-state index contributed by atoms with van der Waals surface area (Å²) >= 11 is 0. The number of carbonyl (C=O) groups is 1. The Bertz CT molecular complexity index is 397. The van der Waals surface area contributed by atoms with E-state index in [0.717, 1.165) is 17.6 Å². The summed E-state index contributed by atoms with van der Waals surface area (Å²) in [6.07, 6.45) is 2.74. The Morgan fingerprint density at radius 3 is 2.88 bits per heavy atom. The Kier molecular flexibility index (Phi) is 4.58. The van der Waals surface area contributed by atoms with Gasteiger partial charge in [0.2, 0.25) is 5.91 Å². The van der Waals surface area contributed by atoms with Crippen molar-refractivity contribution in [1.29, 1.82) is 0 Å². The van der Waals surface area contributed by atoms with Gasteiger partial charge in [0.15, 0.2) is 0 Å². The molecule has 3 nitrogen and oxygen atoms in total. The topological polar surface area (TPSA) is 49.3 Å². The first kappa shape index (κ1) is 12.3. The Balaban J connectivity index is 2.52. The molecule has 1 amide bonds. The first-order chi connectivity index (χ1) is 7.63. The highest BCUT2D eigenvalue weighted by Crippen LogP contribution is 2.10. The molecular weight excluding hydrogens is 202 g/mol. The van der Waals surface area contributed by atoms with Crippen LogP contribution >= 0.6 is 0 Å². The molecule has 1 aromatic rings. The quantitative estimate of drug-likeness (QED) is 0.764. The molecule has 0 fully saturated rings. The zero-order valence-electron chi connectivity index (χ0n) is 9.66. The molecule has 0 spiro atoms. The predicted octanol–water partition coefficient (Wildman–Crippen LogP) is 2.36. The van der Waals surface area contributed by atoms with E-state index in [9.17, 15) is 9.90 Å². The van der Waals surface area contributed by atoms with Crippen LogP contribution in [0.4, 0.5) is 0 Å². The van der Waals surface area contributed by atoms with Crippen molar-refractivity contribution in [3.63, 3.8) is 0 Å². The lowest BCUT2D eigenvalue weighted by atomic mass is 10.2. The zero-order valence-corrected chi connectivity index (χ0v) is 9.66. The van der Waals surface area contributed by atoms with Crippen molar-refractivity contribution in [2.45, 2.75) is 26.8 Å². The van der Waals surface area contributed by atoms with Gasteiger partial charge < -0.3 is 10.4 Å². The number of benzene rings is 1. The van der Waals surface area contributed by atoms with Crippen molar-refractivity contribution in [2.24, 2.45) is 0 Å². The molecule has 1 rings (SSSR count). The fraction of sp³-hybridized carbons (Fsp3) is 0.308. The van der Waals surface area contributed by atoms with E-state index in [1.807, 2.05) is 19.1 Å². The van der Waals surface area contributed by atoms with E-state index >= 15 is 0 Å². The van der Waals surface area contributed by atoms with Crippen molar-refractivity contribution >= 4 is 5.91 Å². The second kappa shape index (κ2) is 5.95. The standard InChI is InChI=1S/C13H17NO2/c1-3-5-10(2)13(16)14-9-11-6-4-7-12(15)8-11/h4-8,15H,3,9H2,1-2H3,(H,14,16)/b10-5+.